The Balaban J connectivity index is 1.87. The van der Waals surface area contributed by atoms with Gasteiger partial charge in [0.1, 0.15) is 0 Å². The van der Waals surface area contributed by atoms with Crippen LogP contribution < -0.4 is 0 Å². The molecule has 0 spiro atoms. The van der Waals surface area contributed by atoms with Crippen LogP contribution >= 0.6 is 0 Å². The highest BCUT2D eigenvalue weighted by Crippen LogP contribution is 2.36. The molecule has 1 aliphatic carbocycles. The van der Waals surface area contributed by atoms with Crippen LogP contribution in [0.15, 0.2) is 0 Å². The fourth-order valence-electron chi connectivity index (χ4n) is 3.20. The van der Waals surface area contributed by atoms with Gasteiger partial charge in [0, 0.05) is 19.5 Å². The van der Waals surface area contributed by atoms with Crippen molar-refractivity contribution in [2.45, 2.75) is 51.9 Å². The fraction of sp³-hybridized carbons (Fsp3) is 0.923. The molecule has 0 bridgehead atoms. The maximum atomic E-state index is 11.8. The van der Waals surface area contributed by atoms with Crippen LogP contribution in [0.1, 0.15) is 51.9 Å². The maximum absolute atomic E-state index is 11.8. The maximum Gasteiger partial charge on any atom is 0.222 e. The number of carbonyl (C=O) groups is 1. The molecule has 1 amide bonds. The van der Waals surface area contributed by atoms with Crippen molar-refractivity contribution in [3.8, 4) is 0 Å². The van der Waals surface area contributed by atoms with E-state index in [9.17, 15) is 4.79 Å². The summed E-state index contributed by atoms with van der Waals surface area (Å²) in [6.45, 7) is 4.18. The Labute approximate surface area is 93.0 Å². The van der Waals surface area contributed by atoms with E-state index >= 15 is 0 Å². The number of nitrogens with zero attached hydrogens (tertiary/aromatic N) is 1. The standard InChI is InChI=1S/C13H23NO/c1-2-5-13(15)14-9-8-11-6-3-4-7-12(11)10-14/h11-12H,2-10H2,1H3. The highest BCUT2D eigenvalue weighted by atomic mass is 16.2. The van der Waals surface area contributed by atoms with E-state index in [2.05, 4.69) is 11.8 Å². The lowest BCUT2D eigenvalue weighted by atomic mass is 9.75. The molecular formula is C13H23NO. The molecule has 2 unspecified atom stereocenters. The van der Waals surface area contributed by atoms with Crippen LogP contribution in [0.4, 0.5) is 0 Å². The van der Waals surface area contributed by atoms with E-state index < -0.39 is 0 Å². The van der Waals surface area contributed by atoms with Gasteiger partial charge in [0.15, 0.2) is 0 Å². The molecule has 2 rings (SSSR count). The van der Waals surface area contributed by atoms with E-state index in [1.807, 2.05) is 0 Å². The van der Waals surface area contributed by atoms with Gasteiger partial charge in [-0.3, -0.25) is 4.79 Å². The van der Waals surface area contributed by atoms with Crippen molar-refractivity contribution in [3.05, 3.63) is 0 Å². The Kier molecular flexibility index (Phi) is 3.66. The Hall–Kier alpha value is -0.530. The van der Waals surface area contributed by atoms with E-state index in [1.54, 1.807) is 0 Å². The number of likely N-dealkylation sites (tertiary alicyclic amines) is 1. The Morgan fingerprint density at radius 2 is 1.93 bits per heavy atom. The average molecular weight is 209 g/mol. The first-order chi connectivity index (χ1) is 7.31. The second-order valence-corrected chi connectivity index (χ2v) is 5.18. The molecule has 0 aromatic heterocycles. The first kappa shape index (κ1) is 11.0. The van der Waals surface area contributed by atoms with Crippen molar-refractivity contribution < 1.29 is 4.79 Å². The zero-order valence-electron chi connectivity index (χ0n) is 9.87. The zero-order valence-corrected chi connectivity index (χ0v) is 9.87. The summed E-state index contributed by atoms with van der Waals surface area (Å²) >= 11 is 0. The van der Waals surface area contributed by atoms with Gasteiger partial charge >= 0.3 is 0 Å². The number of piperidine rings is 1. The lowest BCUT2D eigenvalue weighted by Gasteiger charge is -2.41. The summed E-state index contributed by atoms with van der Waals surface area (Å²) in [4.78, 5) is 13.9. The second-order valence-electron chi connectivity index (χ2n) is 5.18. The van der Waals surface area contributed by atoms with Crippen LogP contribution in [0.5, 0.6) is 0 Å². The summed E-state index contributed by atoms with van der Waals surface area (Å²) in [5.74, 6) is 2.15. The molecule has 1 saturated heterocycles. The topological polar surface area (TPSA) is 20.3 Å². The SMILES string of the molecule is CCCC(=O)N1CCC2CCCCC2C1. The first-order valence-electron chi connectivity index (χ1n) is 6.59. The van der Waals surface area contributed by atoms with Crippen LogP contribution in [0.2, 0.25) is 0 Å². The van der Waals surface area contributed by atoms with Crippen LogP contribution in [0.3, 0.4) is 0 Å². The van der Waals surface area contributed by atoms with Gasteiger partial charge in [-0.2, -0.15) is 0 Å². The molecule has 0 radical (unpaired) electrons. The summed E-state index contributed by atoms with van der Waals surface area (Å²) < 4.78 is 0. The van der Waals surface area contributed by atoms with E-state index in [4.69, 9.17) is 0 Å². The quantitative estimate of drug-likeness (QED) is 0.685. The van der Waals surface area contributed by atoms with Gasteiger partial charge in [0.25, 0.3) is 0 Å². The summed E-state index contributed by atoms with van der Waals surface area (Å²) in [6, 6.07) is 0. The number of hydrogen-bond acceptors (Lipinski definition) is 1. The predicted molar refractivity (Wildman–Crippen MR) is 61.6 cm³/mol. The van der Waals surface area contributed by atoms with Crippen molar-refractivity contribution in [1.29, 1.82) is 0 Å². The molecule has 0 N–H and O–H groups in total. The normalized spacial score (nSPS) is 31.1. The summed E-state index contributed by atoms with van der Waals surface area (Å²) in [5.41, 5.74) is 0. The summed E-state index contributed by atoms with van der Waals surface area (Å²) in [5, 5.41) is 0. The molecule has 2 nitrogen and oxygen atoms in total. The highest BCUT2D eigenvalue weighted by molar-refractivity contribution is 5.76. The minimum absolute atomic E-state index is 0.390. The molecule has 2 fully saturated rings. The number of rotatable bonds is 2. The van der Waals surface area contributed by atoms with Crippen molar-refractivity contribution in [2.75, 3.05) is 13.1 Å². The van der Waals surface area contributed by atoms with E-state index in [0.29, 0.717) is 5.91 Å². The molecule has 86 valence electrons. The molecule has 1 saturated carbocycles. The molecule has 15 heavy (non-hydrogen) atoms. The van der Waals surface area contributed by atoms with Crippen LogP contribution in [-0.2, 0) is 4.79 Å². The minimum atomic E-state index is 0.390. The molecule has 1 heterocycles. The number of fused-ring (bicyclic) bond motifs is 1. The minimum Gasteiger partial charge on any atom is -0.342 e. The monoisotopic (exact) mass is 209 g/mol. The molecule has 1 aliphatic heterocycles. The van der Waals surface area contributed by atoms with E-state index in [-0.39, 0.29) is 0 Å². The van der Waals surface area contributed by atoms with E-state index in [1.165, 1.54) is 32.1 Å². The van der Waals surface area contributed by atoms with Gasteiger partial charge in [-0.25, -0.2) is 0 Å². The van der Waals surface area contributed by atoms with Crippen molar-refractivity contribution in [1.82, 2.24) is 4.90 Å². The number of carbonyl (C=O) groups excluding carboxylic acids is 1. The number of hydrogen-bond donors (Lipinski definition) is 0. The van der Waals surface area contributed by atoms with Crippen LogP contribution in [-0.4, -0.2) is 23.9 Å². The van der Waals surface area contributed by atoms with Crippen molar-refractivity contribution >= 4 is 5.91 Å². The molecule has 0 aromatic rings. The fourth-order valence-corrected chi connectivity index (χ4v) is 3.20. The van der Waals surface area contributed by atoms with Gasteiger partial charge in [-0.1, -0.05) is 26.2 Å². The van der Waals surface area contributed by atoms with Gasteiger partial charge in [0.05, 0.1) is 0 Å². The van der Waals surface area contributed by atoms with Crippen LogP contribution in [0.25, 0.3) is 0 Å². The average Bonchev–Trinajstić information content (AvgIpc) is 2.29. The van der Waals surface area contributed by atoms with Gasteiger partial charge in [-0.15, -0.1) is 0 Å². The molecule has 2 aliphatic rings. The summed E-state index contributed by atoms with van der Waals surface area (Å²) in [7, 11) is 0. The second kappa shape index (κ2) is 5.00. The molecular weight excluding hydrogens is 186 g/mol. The molecule has 2 heteroatoms. The van der Waals surface area contributed by atoms with E-state index in [0.717, 1.165) is 37.8 Å². The van der Waals surface area contributed by atoms with Gasteiger partial charge in [-0.05, 0) is 31.1 Å². The van der Waals surface area contributed by atoms with Crippen molar-refractivity contribution in [2.24, 2.45) is 11.8 Å². The largest absolute Gasteiger partial charge is 0.342 e. The molecule has 0 aromatic carbocycles. The van der Waals surface area contributed by atoms with Crippen LogP contribution in [0, 0.1) is 11.8 Å². The van der Waals surface area contributed by atoms with Gasteiger partial charge in [0.2, 0.25) is 5.91 Å². The lowest BCUT2D eigenvalue weighted by molar-refractivity contribution is -0.134. The smallest absolute Gasteiger partial charge is 0.222 e. The first-order valence-corrected chi connectivity index (χ1v) is 6.59. The Morgan fingerprint density at radius 3 is 2.67 bits per heavy atom. The van der Waals surface area contributed by atoms with Gasteiger partial charge < -0.3 is 4.90 Å². The molecule has 2 atom stereocenters. The highest BCUT2D eigenvalue weighted by Gasteiger charge is 2.32. The predicted octanol–water partition coefficient (Wildman–Crippen LogP) is 2.83. The third-order valence-corrected chi connectivity index (χ3v) is 4.11. The third-order valence-electron chi connectivity index (χ3n) is 4.11. The Bertz CT molecular complexity index is 227. The summed E-state index contributed by atoms with van der Waals surface area (Å²) in [6.07, 6.45) is 8.59. The Morgan fingerprint density at radius 1 is 1.20 bits per heavy atom. The third kappa shape index (κ3) is 2.53. The number of amides is 1. The lowest BCUT2D eigenvalue weighted by Crippen LogP contribution is -2.44. The zero-order chi connectivity index (χ0) is 10.7. The van der Waals surface area contributed by atoms with Crippen molar-refractivity contribution in [3.63, 3.8) is 0 Å².